The van der Waals surface area contributed by atoms with E-state index in [0.29, 0.717) is 18.3 Å². The van der Waals surface area contributed by atoms with Crippen LogP contribution in [0.15, 0.2) is 23.0 Å². The molecule has 0 radical (unpaired) electrons. The molecule has 0 fully saturated rings. The molecule has 2 aromatic rings. The van der Waals surface area contributed by atoms with Crippen LogP contribution in [-0.4, -0.2) is 11.5 Å². The molecule has 1 aliphatic heterocycles. The van der Waals surface area contributed by atoms with Gasteiger partial charge in [-0.05, 0) is 24.1 Å². The Bertz CT molecular complexity index is 688. The molecule has 0 amide bonds. The molecule has 0 saturated heterocycles. The molecular formula is C12H9F3N2O. The summed E-state index contributed by atoms with van der Waals surface area (Å²) >= 11 is 0. The van der Waals surface area contributed by atoms with Gasteiger partial charge in [-0.25, -0.2) is 0 Å². The third kappa shape index (κ3) is 1.64. The molecule has 2 N–H and O–H groups in total. The lowest BCUT2D eigenvalue weighted by molar-refractivity contribution is -0.136. The van der Waals surface area contributed by atoms with Gasteiger partial charge < -0.3 is 10.3 Å². The topological polar surface area (TPSA) is 44.9 Å². The molecule has 2 heterocycles. The number of nitrogens with one attached hydrogen (secondary N) is 2. The molecule has 3 rings (SSSR count). The number of benzene rings is 1. The third-order valence-electron chi connectivity index (χ3n) is 3.08. The number of aromatic amines is 1. The highest BCUT2D eigenvalue weighted by Gasteiger charge is 2.33. The minimum Gasteiger partial charge on any atom is -0.384 e. The van der Waals surface area contributed by atoms with Gasteiger partial charge >= 0.3 is 6.18 Å². The van der Waals surface area contributed by atoms with E-state index in [-0.39, 0.29) is 10.9 Å². The van der Waals surface area contributed by atoms with Gasteiger partial charge in [-0.2, -0.15) is 13.2 Å². The van der Waals surface area contributed by atoms with Gasteiger partial charge in [0, 0.05) is 29.2 Å². The number of halogens is 3. The Morgan fingerprint density at radius 1 is 1.17 bits per heavy atom. The van der Waals surface area contributed by atoms with Crippen molar-refractivity contribution in [3.63, 3.8) is 0 Å². The summed E-state index contributed by atoms with van der Waals surface area (Å²) in [6.07, 6.45) is -3.77. The first kappa shape index (κ1) is 11.1. The highest BCUT2D eigenvalue weighted by atomic mass is 19.4. The first-order chi connectivity index (χ1) is 8.45. The van der Waals surface area contributed by atoms with E-state index >= 15 is 0 Å². The Kier molecular flexibility index (Phi) is 2.17. The van der Waals surface area contributed by atoms with Crippen molar-refractivity contribution in [2.75, 3.05) is 11.9 Å². The quantitative estimate of drug-likeness (QED) is 0.758. The molecule has 94 valence electrons. The maximum atomic E-state index is 12.9. The predicted octanol–water partition coefficient (Wildman–Crippen LogP) is 2.51. The molecule has 0 saturated carbocycles. The summed E-state index contributed by atoms with van der Waals surface area (Å²) in [4.78, 5) is 13.7. The van der Waals surface area contributed by atoms with Crippen molar-refractivity contribution in [1.29, 1.82) is 0 Å². The van der Waals surface area contributed by atoms with E-state index in [1.54, 1.807) is 6.07 Å². The Balaban J connectivity index is 2.39. The van der Waals surface area contributed by atoms with Gasteiger partial charge in [-0.3, -0.25) is 4.79 Å². The zero-order valence-electron chi connectivity index (χ0n) is 9.19. The van der Waals surface area contributed by atoms with Crippen LogP contribution in [0.4, 0.5) is 18.9 Å². The molecule has 0 bridgehead atoms. The molecule has 18 heavy (non-hydrogen) atoms. The van der Waals surface area contributed by atoms with Crippen LogP contribution in [0.1, 0.15) is 11.1 Å². The van der Waals surface area contributed by atoms with Crippen molar-refractivity contribution >= 4 is 16.6 Å². The Labute approximate surface area is 99.6 Å². The fourth-order valence-corrected chi connectivity index (χ4v) is 2.29. The van der Waals surface area contributed by atoms with Crippen molar-refractivity contribution in [2.24, 2.45) is 0 Å². The summed E-state index contributed by atoms with van der Waals surface area (Å²) in [5.41, 5.74) is 0.244. The van der Waals surface area contributed by atoms with Crippen molar-refractivity contribution < 1.29 is 13.2 Å². The third-order valence-corrected chi connectivity index (χ3v) is 3.08. The van der Waals surface area contributed by atoms with E-state index in [1.807, 2.05) is 0 Å². The van der Waals surface area contributed by atoms with Crippen LogP contribution < -0.4 is 10.9 Å². The average Bonchev–Trinajstić information content (AvgIpc) is 2.70. The monoisotopic (exact) mass is 254 g/mol. The van der Waals surface area contributed by atoms with E-state index in [9.17, 15) is 18.0 Å². The summed E-state index contributed by atoms with van der Waals surface area (Å²) in [5.74, 6) is 0. The highest BCUT2D eigenvalue weighted by Crippen LogP contribution is 2.36. The van der Waals surface area contributed by atoms with Crippen LogP contribution in [0, 0.1) is 0 Å². The van der Waals surface area contributed by atoms with E-state index in [2.05, 4.69) is 10.3 Å². The number of H-pyrrole nitrogens is 1. The Hall–Kier alpha value is -1.98. The number of anilines is 1. The van der Waals surface area contributed by atoms with Crippen LogP contribution in [-0.2, 0) is 12.6 Å². The SMILES string of the molecule is O=c1cc(C(F)(F)F)c2cc3c(cc2[nH]1)CCN3. The summed E-state index contributed by atoms with van der Waals surface area (Å²) in [5, 5.41) is 3.05. The summed E-state index contributed by atoms with van der Waals surface area (Å²) in [6.45, 7) is 0.706. The normalized spacial score (nSPS) is 14.6. The minimum absolute atomic E-state index is 0.0234. The number of hydrogen-bond donors (Lipinski definition) is 2. The maximum Gasteiger partial charge on any atom is 0.417 e. The standard InChI is InChI=1S/C12H9F3N2O/c13-12(14,15)8-5-11(18)17-10-3-6-1-2-16-9(6)4-7(8)10/h3-5,16H,1-2H2,(H,17,18). The van der Waals surface area contributed by atoms with Crippen molar-refractivity contribution in [3.8, 4) is 0 Å². The summed E-state index contributed by atoms with van der Waals surface area (Å²) in [7, 11) is 0. The van der Waals surface area contributed by atoms with E-state index in [1.165, 1.54) is 6.07 Å². The van der Waals surface area contributed by atoms with Gasteiger partial charge in [0.1, 0.15) is 0 Å². The maximum absolute atomic E-state index is 12.9. The number of aromatic nitrogens is 1. The summed E-state index contributed by atoms with van der Waals surface area (Å²) in [6, 6.07) is 3.67. The number of alkyl halides is 3. The van der Waals surface area contributed by atoms with E-state index < -0.39 is 17.3 Å². The average molecular weight is 254 g/mol. The fourth-order valence-electron chi connectivity index (χ4n) is 2.29. The molecule has 0 aliphatic carbocycles. The molecule has 0 unspecified atom stereocenters. The second-order valence-electron chi connectivity index (χ2n) is 4.28. The zero-order valence-corrected chi connectivity index (χ0v) is 9.19. The number of pyridine rings is 1. The molecular weight excluding hydrogens is 245 g/mol. The summed E-state index contributed by atoms with van der Waals surface area (Å²) < 4.78 is 38.6. The Morgan fingerprint density at radius 2 is 1.94 bits per heavy atom. The second-order valence-corrected chi connectivity index (χ2v) is 4.28. The van der Waals surface area contributed by atoms with Gasteiger partial charge in [-0.15, -0.1) is 0 Å². The molecule has 0 spiro atoms. The van der Waals surface area contributed by atoms with Gasteiger partial charge in [0.2, 0.25) is 5.56 Å². The fraction of sp³-hybridized carbons (Fsp3) is 0.250. The molecule has 1 aromatic heterocycles. The van der Waals surface area contributed by atoms with Gasteiger partial charge in [0.05, 0.1) is 5.56 Å². The van der Waals surface area contributed by atoms with Gasteiger partial charge in [0.15, 0.2) is 0 Å². The van der Waals surface area contributed by atoms with Crippen LogP contribution in [0.2, 0.25) is 0 Å². The molecule has 6 heteroatoms. The number of fused-ring (bicyclic) bond motifs is 2. The van der Waals surface area contributed by atoms with E-state index in [4.69, 9.17) is 0 Å². The van der Waals surface area contributed by atoms with Crippen LogP contribution >= 0.6 is 0 Å². The van der Waals surface area contributed by atoms with Crippen molar-refractivity contribution in [1.82, 2.24) is 4.98 Å². The molecule has 1 aromatic carbocycles. The van der Waals surface area contributed by atoms with Gasteiger partial charge in [0.25, 0.3) is 0 Å². The lowest BCUT2D eigenvalue weighted by Gasteiger charge is -2.11. The molecule has 0 atom stereocenters. The number of hydrogen-bond acceptors (Lipinski definition) is 2. The molecule has 3 nitrogen and oxygen atoms in total. The molecule has 1 aliphatic rings. The minimum atomic E-state index is -4.53. The first-order valence-electron chi connectivity index (χ1n) is 5.46. The van der Waals surface area contributed by atoms with Crippen molar-refractivity contribution in [3.05, 3.63) is 39.7 Å². The van der Waals surface area contributed by atoms with Gasteiger partial charge in [-0.1, -0.05) is 0 Å². The Morgan fingerprint density at radius 3 is 2.67 bits per heavy atom. The van der Waals surface area contributed by atoms with Crippen LogP contribution in [0.5, 0.6) is 0 Å². The lowest BCUT2D eigenvalue weighted by atomic mass is 10.0. The van der Waals surface area contributed by atoms with Crippen LogP contribution in [0.25, 0.3) is 10.9 Å². The largest absolute Gasteiger partial charge is 0.417 e. The van der Waals surface area contributed by atoms with E-state index in [0.717, 1.165) is 12.0 Å². The smallest absolute Gasteiger partial charge is 0.384 e. The number of rotatable bonds is 0. The predicted molar refractivity (Wildman–Crippen MR) is 61.8 cm³/mol. The highest BCUT2D eigenvalue weighted by molar-refractivity contribution is 5.88. The van der Waals surface area contributed by atoms with Crippen molar-refractivity contribution in [2.45, 2.75) is 12.6 Å². The second kappa shape index (κ2) is 3.51. The lowest BCUT2D eigenvalue weighted by Crippen LogP contribution is -2.14. The first-order valence-corrected chi connectivity index (χ1v) is 5.46. The zero-order chi connectivity index (χ0) is 12.9. The van der Waals surface area contributed by atoms with Crippen LogP contribution in [0.3, 0.4) is 0 Å².